The fraction of sp³-hybridized carbons (Fsp3) is 0.438. The van der Waals surface area contributed by atoms with Gasteiger partial charge in [0.05, 0.1) is 17.6 Å². The Morgan fingerprint density at radius 2 is 1.86 bits per heavy atom. The summed E-state index contributed by atoms with van der Waals surface area (Å²) in [6.07, 6.45) is 0. The summed E-state index contributed by atoms with van der Waals surface area (Å²) in [7, 11) is 3.72. The number of rotatable bonds is 2. The van der Waals surface area contributed by atoms with Gasteiger partial charge in [-0.1, -0.05) is 37.0 Å². The van der Waals surface area contributed by atoms with E-state index in [1.54, 1.807) is 7.11 Å². The standard InChI is InChI=1S/C16H18Cl2N2O/c1-8(2)15-11-7-20(3)6-10(11)9-5-12(21-4)13(17)14(18)16(9)19-15/h5,8H,6-7H2,1-4H3. The van der Waals surface area contributed by atoms with Crippen LogP contribution in [0.25, 0.3) is 10.9 Å². The molecule has 0 saturated carbocycles. The number of hydrogen-bond donors (Lipinski definition) is 0. The molecule has 112 valence electrons. The van der Waals surface area contributed by atoms with Gasteiger partial charge in [0.15, 0.2) is 0 Å². The topological polar surface area (TPSA) is 25.4 Å². The lowest BCUT2D eigenvalue weighted by Gasteiger charge is -2.16. The van der Waals surface area contributed by atoms with Crippen LogP contribution in [0.15, 0.2) is 6.07 Å². The molecule has 21 heavy (non-hydrogen) atoms. The molecule has 0 atom stereocenters. The van der Waals surface area contributed by atoms with Gasteiger partial charge in [0.2, 0.25) is 0 Å². The predicted octanol–water partition coefficient (Wildman–Crippen LogP) is 4.62. The molecular formula is C16H18Cl2N2O. The van der Waals surface area contributed by atoms with Crippen molar-refractivity contribution >= 4 is 34.1 Å². The van der Waals surface area contributed by atoms with Gasteiger partial charge in [-0.15, -0.1) is 0 Å². The Balaban J connectivity index is 2.41. The largest absolute Gasteiger partial charge is 0.495 e. The summed E-state index contributed by atoms with van der Waals surface area (Å²) in [6, 6.07) is 1.96. The van der Waals surface area contributed by atoms with E-state index >= 15 is 0 Å². The zero-order chi connectivity index (χ0) is 15.3. The fourth-order valence-corrected chi connectivity index (χ4v) is 3.47. The Bertz CT molecular complexity index is 728. The summed E-state index contributed by atoms with van der Waals surface area (Å²) in [5, 5.41) is 1.95. The highest BCUT2D eigenvalue weighted by Gasteiger charge is 2.26. The Morgan fingerprint density at radius 1 is 1.19 bits per heavy atom. The molecule has 3 nitrogen and oxygen atoms in total. The molecule has 3 rings (SSSR count). The van der Waals surface area contributed by atoms with Gasteiger partial charge in [-0.3, -0.25) is 9.88 Å². The van der Waals surface area contributed by atoms with Crippen molar-refractivity contribution in [3.8, 4) is 5.75 Å². The van der Waals surface area contributed by atoms with Crippen molar-refractivity contribution in [3.05, 3.63) is 32.9 Å². The Hall–Kier alpha value is -1.03. The molecule has 0 saturated heterocycles. The zero-order valence-corrected chi connectivity index (χ0v) is 14.1. The maximum Gasteiger partial charge on any atom is 0.139 e. The van der Waals surface area contributed by atoms with Crippen molar-refractivity contribution < 1.29 is 4.74 Å². The van der Waals surface area contributed by atoms with Crippen LogP contribution < -0.4 is 4.74 Å². The molecule has 1 aromatic carbocycles. The van der Waals surface area contributed by atoms with E-state index in [2.05, 4.69) is 25.8 Å². The first-order valence-corrected chi connectivity index (χ1v) is 7.75. The fourth-order valence-electron chi connectivity index (χ4n) is 3.02. The van der Waals surface area contributed by atoms with Crippen molar-refractivity contribution in [1.82, 2.24) is 9.88 Å². The molecule has 1 aromatic heterocycles. The number of nitrogens with zero attached hydrogens (tertiary/aromatic N) is 2. The molecule has 1 aliphatic rings. The minimum Gasteiger partial charge on any atom is -0.495 e. The van der Waals surface area contributed by atoms with Crippen molar-refractivity contribution in [1.29, 1.82) is 0 Å². The van der Waals surface area contributed by atoms with Gasteiger partial charge in [-0.2, -0.15) is 0 Å². The summed E-state index contributed by atoms with van der Waals surface area (Å²) in [4.78, 5) is 7.10. The van der Waals surface area contributed by atoms with E-state index in [0.29, 0.717) is 21.7 Å². The normalized spacial score (nSPS) is 15.0. The van der Waals surface area contributed by atoms with Gasteiger partial charge < -0.3 is 4.74 Å². The maximum absolute atomic E-state index is 6.44. The SMILES string of the molecule is COc1cc2c3c(c(C(C)C)nc2c(Cl)c1Cl)CN(C)C3. The van der Waals surface area contributed by atoms with Crippen molar-refractivity contribution in [2.45, 2.75) is 32.9 Å². The monoisotopic (exact) mass is 324 g/mol. The summed E-state index contributed by atoms with van der Waals surface area (Å²) in [6.45, 7) is 6.14. The molecule has 0 amide bonds. The van der Waals surface area contributed by atoms with Crippen LogP contribution in [-0.4, -0.2) is 24.0 Å². The Labute approximate surface area is 134 Å². The number of ether oxygens (including phenoxy) is 1. The third-order valence-electron chi connectivity index (χ3n) is 4.00. The molecule has 0 N–H and O–H groups in total. The lowest BCUT2D eigenvalue weighted by molar-refractivity contribution is 0.352. The van der Waals surface area contributed by atoms with Crippen LogP contribution in [0.3, 0.4) is 0 Å². The molecule has 0 radical (unpaired) electrons. The van der Waals surface area contributed by atoms with Gasteiger partial charge in [0.25, 0.3) is 0 Å². The molecule has 2 aromatic rings. The van der Waals surface area contributed by atoms with E-state index in [0.717, 1.165) is 29.7 Å². The van der Waals surface area contributed by atoms with Crippen molar-refractivity contribution in [3.63, 3.8) is 0 Å². The van der Waals surface area contributed by atoms with Crippen LogP contribution in [0.4, 0.5) is 0 Å². The van der Waals surface area contributed by atoms with Crippen molar-refractivity contribution in [2.75, 3.05) is 14.2 Å². The minimum absolute atomic E-state index is 0.353. The van der Waals surface area contributed by atoms with E-state index in [4.69, 9.17) is 32.9 Å². The highest BCUT2D eigenvalue weighted by Crippen LogP contribution is 2.42. The lowest BCUT2D eigenvalue weighted by atomic mass is 9.97. The number of pyridine rings is 1. The molecule has 5 heteroatoms. The quantitative estimate of drug-likeness (QED) is 0.806. The van der Waals surface area contributed by atoms with Crippen LogP contribution in [0.5, 0.6) is 5.75 Å². The van der Waals surface area contributed by atoms with Gasteiger partial charge >= 0.3 is 0 Å². The zero-order valence-electron chi connectivity index (χ0n) is 12.6. The summed E-state index contributed by atoms with van der Waals surface area (Å²) in [5.74, 6) is 0.955. The third kappa shape index (κ3) is 2.28. The van der Waals surface area contributed by atoms with Crippen molar-refractivity contribution in [2.24, 2.45) is 0 Å². The molecule has 0 unspecified atom stereocenters. The average Bonchev–Trinajstić information content (AvgIpc) is 2.82. The molecule has 0 bridgehead atoms. The highest BCUT2D eigenvalue weighted by atomic mass is 35.5. The second kappa shape index (κ2) is 5.31. The molecule has 1 aliphatic heterocycles. The van der Waals surface area contributed by atoms with E-state index in [-0.39, 0.29) is 0 Å². The molecule has 2 heterocycles. The van der Waals surface area contributed by atoms with E-state index < -0.39 is 0 Å². The maximum atomic E-state index is 6.44. The highest BCUT2D eigenvalue weighted by molar-refractivity contribution is 6.46. The number of aromatic nitrogens is 1. The van der Waals surface area contributed by atoms with Crippen LogP contribution in [0.1, 0.15) is 36.6 Å². The first-order chi connectivity index (χ1) is 9.93. The Morgan fingerprint density at radius 3 is 2.48 bits per heavy atom. The Kier molecular flexibility index (Phi) is 3.76. The third-order valence-corrected chi connectivity index (χ3v) is 4.84. The molecule has 0 spiro atoms. The first-order valence-electron chi connectivity index (χ1n) is 7.00. The second-order valence-electron chi connectivity index (χ2n) is 5.88. The van der Waals surface area contributed by atoms with E-state index in [9.17, 15) is 0 Å². The molecular weight excluding hydrogens is 307 g/mol. The minimum atomic E-state index is 0.353. The first kappa shape index (κ1) is 14.9. The molecule has 0 fully saturated rings. The van der Waals surface area contributed by atoms with E-state index in [1.807, 2.05) is 6.07 Å². The van der Waals surface area contributed by atoms with Crippen LogP contribution in [0, 0.1) is 0 Å². The predicted molar refractivity (Wildman–Crippen MR) is 87.6 cm³/mol. The number of fused-ring (bicyclic) bond motifs is 3. The van der Waals surface area contributed by atoms with Crippen LogP contribution in [0.2, 0.25) is 10.0 Å². The summed E-state index contributed by atoms with van der Waals surface area (Å²) in [5.41, 5.74) is 4.51. The van der Waals surface area contributed by atoms with Gasteiger partial charge in [-0.05, 0) is 30.2 Å². The summed E-state index contributed by atoms with van der Waals surface area (Å²) >= 11 is 12.7. The van der Waals surface area contributed by atoms with Gasteiger partial charge in [0.1, 0.15) is 10.8 Å². The number of halogens is 2. The van der Waals surface area contributed by atoms with Crippen LogP contribution >= 0.6 is 23.2 Å². The summed E-state index contributed by atoms with van der Waals surface area (Å²) < 4.78 is 5.34. The van der Waals surface area contributed by atoms with E-state index in [1.165, 1.54) is 11.1 Å². The lowest BCUT2D eigenvalue weighted by Crippen LogP contribution is -2.08. The number of hydrogen-bond acceptors (Lipinski definition) is 3. The van der Waals surface area contributed by atoms with Gasteiger partial charge in [-0.25, -0.2) is 0 Å². The van der Waals surface area contributed by atoms with Gasteiger partial charge in [0, 0.05) is 24.2 Å². The number of methoxy groups -OCH3 is 1. The number of benzene rings is 1. The smallest absolute Gasteiger partial charge is 0.139 e. The molecule has 0 aliphatic carbocycles. The van der Waals surface area contributed by atoms with Crippen LogP contribution in [-0.2, 0) is 13.1 Å². The average molecular weight is 325 g/mol. The second-order valence-corrected chi connectivity index (χ2v) is 6.64.